The van der Waals surface area contributed by atoms with Gasteiger partial charge in [-0.1, -0.05) is 18.2 Å². The summed E-state index contributed by atoms with van der Waals surface area (Å²) in [6.45, 7) is 1.95. The standard InChI is InChI=1S/C22H19N5O/c1-13-11-15(7-9-24-13)19-21-16(8-10-25-19)20(22(23)28-21)26-18-12-14-5-3-4-6-17(14)27(18)2/h3-12,26H,23H2,1-2H3. The van der Waals surface area contributed by atoms with Gasteiger partial charge in [-0.25, -0.2) is 0 Å². The summed E-state index contributed by atoms with van der Waals surface area (Å²) in [5, 5.41) is 5.50. The molecule has 4 aromatic heterocycles. The molecule has 0 aliphatic carbocycles. The molecular weight excluding hydrogens is 350 g/mol. The monoisotopic (exact) mass is 369 g/mol. The number of nitrogens with two attached hydrogens (primary N) is 1. The Labute approximate surface area is 161 Å². The molecule has 28 heavy (non-hydrogen) atoms. The quantitative estimate of drug-likeness (QED) is 0.467. The lowest BCUT2D eigenvalue weighted by atomic mass is 10.1. The molecule has 138 valence electrons. The lowest BCUT2D eigenvalue weighted by molar-refractivity contribution is 0.637. The highest BCUT2D eigenvalue weighted by atomic mass is 16.3. The maximum Gasteiger partial charge on any atom is 0.215 e. The van der Waals surface area contributed by atoms with Crippen molar-refractivity contribution in [1.29, 1.82) is 0 Å². The molecule has 5 aromatic rings. The molecule has 3 N–H and O–H groups in total. The van der Waals surface area contributed by atoms with E-state index in [9.17, 15) is 0 Å². The first-order chi connectivity index (χ1) is 13.6. The largest absolute Gasteiger partial charge is 0.436 e. The highest BCUT2D eigenvalue weighted by Gasteiger charge is 2.18. The van der Waals surface area contributed by atoms with E-state index in [0.29, 0.717) is 11.5 Å². The van der Waals surface area contributed by atoms with Crippen LogP contribution in [0.25, 0.3) is 33.1 Å². The summed E-state index contributed by atoms with van der Waals surface area (Å²) in [5.41, 5.74) is 11.4. The zero-order chi connectivity index (χ0) is 19.3. The van der Waals surface area contributed by atoms with Crippen LogP contribution in [0.3, 0.4) is 0 Å². The summed E-state index contributed by atoms with van der Waals surface area (Å²) in [7, 11) is 2.02. The molecule has 1 aromatic carbocycles. The van der Waals surface area contributed by atoms with Crippen LogP contribution in [0, 0.1) is 6.92 Å². The third-order valence-corrected chi connectivity index (χ3v) is 5.01. The van der Waals surface area contributed by atoms with Gasteiger partial charge in [-0.15, -0.1) is 0 Å². The summed E-state index contributed by atoms with van der Waals surface area (Å²) in [5.74, 6) is 1.27. The van der Waals surface area contributed by atoms with Crippen LogP contribution in [0.4, 0.5) is 17.4 Å². The second-order valence-corrected chi connectivity index (χ2v) is 6.84. The third-order valence-electron chi connectivity index (χ3n) is 5.01. The van der Waals surface area contributed by atoms with Crippen LogP contribution in [0.5, 0.6) is 0 Å². The van der Waals surface area contributed by atoms with E-state index >= 15 is 0 Å². The molecule has 4 heterocycles. The molecular formula is C22H19N5O. The molecule has 0 aliphatic heterocycles. The number of nitrogens with one attached hydrogen (secondary N) is 1. The maximum absolute atomic E-state index is 6.24. The fourth-order valence-corrected chi connectivity index (χ4v) is 3.61. The minimum atomic E-state index is 0.334. The average Bonchev–Trinajstić information content (AvgIpc) is 3.19. The number of fused-ring (bicyclic) bond motifs is 2. The van der Waals surface area contributed by atoms with Crippen molar-refractivity contribution >= 4 is 39.3 Å². The van der Waals surface area contributed by atoms with Gasteiger partial charge in [0.25, 0.3) is 0 Å². The van der Waals surface area contributed by atoms with Gasteiger partial charge in [0.05, 0.1) is 5.39 Å². The van der Waals surface area contributed by atoms with Gasteiger partial charge in [-0.2, -0.15) is 0 Å². The van der Waals surface area contributed by atoms with Crippen LogP contribution >= 0.6 is 0 Å². The lowest BCUT2D eigenvalue weighted by Crippen LogP contribution is -1.99. The summed E-state index contributed by atoms with van der Waals surface area (Å²) in [4.78, 5) is 8.78. The van der Waals surface area contributed by atoms with Crippen LogP contribution < -0.4 is 11.1 Å². The van der Waals surface area contributed by atoms with Gasteiger partial charge >= 0.3 is 0 Å². The van der Waals surface area contributed by atoms with Gasteiger partial charge in [-0.05, 0) is 37.3 Å². The molecule has 5 rings (SSSR count). The highest BCUT2D eigenvalue weighted by molar-refractivity contribution is 6.03. The Bertz CT molecular complexity index is 1330. The van der Waals surface area contributed by atoms with E-state index in [1.54, 1.807) is 12.4 Å². The smallest absolute Gasteiger partial charge is 0.215 e. The number of pyridine rings is 2. The number of para-hydroxylation sites is 1. The van der Waals surface area contributed by atoms with Crippen molar-refractivity contribution in [2.24, 2.45) is 7.05 Å². The van der Waals surface area contributed by atoms with Crippen LogP contribution in [0.15, 0.2) is 65.3 Å². The number of furan rings is 1. The van der Waals surface area contributed by atoms with Crippen LogP contribution in [0.2, 0.25) is 0 Å². The average molecular weight is 369 g/mol. The molecule has 0 amide bonds. The van der Waals surface area contributed by atoms with E-state index < -0.39 is 0 Å². The Balaban J connectivity index is 1.65. The van der Waals surface area contributed by atoms with E-state index in [-0.39, 0.29) is 0 Å². The molecule has 0 radical (unpaired) electrons. The van der Waals surface area contributed by atoms with Crippen molar-refractivity contribution in [2.45, 2.75) is 6.92 Å². The number of nitrogens with zero attached hydrogens (tertiary/aromatic N) is 3. The van der Waals surface area contributed by atoms with E-state index in [0.717, 1.165) is 44.7 Å². The summed E-state index contributed by atoms with van der Waals surface area (Å²) < 4.78 is 8.03. The number of nitrogen functional groups attached to an aromatic ring is 1. The van der Waals surface area contributed by atoms with Crippen LogP contribution in [0.1, 0.15) is 5.69 Å². The molecule has 6 heteroatoms. The molecule has 0 atom stereocenters. The van der Waals surface area contributed by atoms with Crippen molar-refractivity contribution < 1.29 is 4.42 Å². The van der Waals surface area contributed by atoms with Gasteiger partial charge in [0.15, 0.2) is 5.58 Å². The third kappa shape index (κ3) is 2.50. The Kier molecular flexibility index (Phi) is 3.58. The number of aryl methyl sites for hydroxylation is 2. The van der Waals surface area contributed by atoms with E-state index in [4.69, 9.17) is 10.2 Å². The van der Waals surface area contributed by atoms with Gasteiger partial charge in [-0.3, -0.25) is 9.97 Å². The van der Waals surface area contributed by atoms with Gasteiger partial charge in [0, 0.05) is 41.6 Å². The molecule has 0 unspecified atom stereocenters. The van der Waals surface area contributed by atoms with E-state index in [2.05, 4.69) is 38.1 Å². The zero-order valence-electron chi connectivity index (χ0n) is 15.6. The second-order valence-electron chi connectivity index (χ2n) is 6.84. The molecule has 0 aliphatic rings. The fourth-order valence-electron chi connectivity index (χ4n) is 3.61. The normalized spacial score (nSPS) is 11.4. The zero-order valence-corrected chi connectivity index (χ0v) is 15.6. The minimum Gasteiger partial charge on any atom is -0.436 e. The summed E-state index contributed by atoms with van der Waals surface area (Å²) >= 11 is 0. The molecule has 0 saturated carbocycles. The Morgan fingerprint density at radius 2 is 1.86 bits per heavy atom. The van der Waals surface area contributed by atoms with Crippen molar-refractivity contribution in [2.75, 3.05) is 11.1 Å². The first kappa shape index (κ1) is 16.4. The number of hydrogen-bond donors (Lipinski definition) is 2. The number of rotatable bonds is 3. The molecule has 0 spiro atoms. The van der Waals surface area contributed by atoms with Gasteiger partial charge in [0.1, 0.15) is 17.2 Å². The fraction of sp³-hybridized carbons (Fsp3) is 0.0909. The molecule has 0 saturated heterocycles. The Hall–Kier alpha value is -3.80. The Morgan fingerprint density at radius 1 is 1.04 bits per heavy atom. The minimum absolute atomic E-state index is 0.334. The van der Waals surface area contributed by atoms with Crippen molar-refractivity contribution in [1.82, 2.24) is 14.5 Å². The topological polar surface area (TPSA) is 81.9 Å². The first-order valence-electron chi connectivity index (χ1n) is 9.03. The predicted octanol–water partition coefficient (Wildman–Crippen LogP) is 5.02. The maximum atomic E-state index is 6.24. The summed E-state index contributed by atoms with van der Waals surface area (Å²) in [6, 6.07) is 16.2. The lowest BCUT2D eigenvalue weighted by Gasteiger charge is -2.07. The van der Waals surface area contributed by atoms with E-state index in [1.807, 2.05) is 44.3 Å². The highest BCUT2D eigenvalue weighted by Crippen LogP contribution is 2.39. The van der Waals surface area contributed by atoms with Crippen molar-refractivity contribution in [3.8, 4) is 11.3 Å². The predicted molar refractivity (Wildman–Crippen MR) is 113 cm³/mol. The van der Waals surface area contributed by atoms with Crippen LogP contribution in [-0.2, 0) is 7.05 Å². The number of aromatic nitrogens is 3. The summed E-state index contributed by atoms with van der Waals surface area (Å²) in [6.07, 6.45) is 3.54. The number of hydrogen-bond acceptors (Lipinski definition) is 5. The van der Waals surface area contributed by atoms with Crippen molar-refractivity contribution in [3.05, 3.63) is 66.6 Å². The molecule has 0 fully saturated rings. The molecule has 6 nitrogen and oxygen atoms in total. The number of benzene rings is 1. The second kappa shape index (κ2) is 6.13. The number of anilines is 3. The first-order valence-corrected chi connectivity index (χ1v) is 9.03. The van der Waals surface area contributed by atoms with Crippen molar-refractivity contribution in [3.63, 3.8) is 0 Å². The van der Waals surface area contributed by atoms with Gasteiger partial charge in [0.2, 0.25) is 5.88 Å². The van der Waals surface area contributed by atoms with Crippen LogP contribution in [-0.4, -0.2) is 14.5 Å². The Morgan fingerprint density at radius 3 is 2.68 bits per heavy atom. The van der Waals surface area contributed by atoms with Gasteiger partial charge < -0.3 is 20.0 Å². The SMILES string of the molecule is Cc1cc(-c2nccc3c(Nc4cc5ccccc5n4C)c(N)oc23)ccn1. The van der Waals surface area contributed by atoms with E-state index in [1.165, 1.54) is 0 Å². The molecule has 0 bridgehead atoms.